The van der Waals surface area contributed by atoms with Crippen molar-refractivity contribution in [3.05, 3.63) is 0 Å². The molecule has 0 bridgehead atoms. The van der Waals surface area contributed by atoms with Gasteiger partial charge in [-0.15, -0.1) is 0 Å². The third kappa shape index (κ3) is 3.63. The van der Waals surface area contributed by atoms with E-state index in [9.17, 15) is 4.39 Å². The molecule has 1 atom stereocenters. The molecule has 1 fully saturated rings. The summed E-state index contributed by atoms with van der Waals surface area (Å²) in [4.78, 5) is 2.11. The van der Waals surface area contributed by atoms with E-state index in [-0.39, 0.29) is 5.41 Å². The molecule has 0 amide bonds. The standard InChI is InChI=1S/C11H22FN/c1-10(2,3)8-11(12)6-5-7-13(4)9-11/h5-9H2,1-4H3/t11-/m1/s1. The molecule has 0 saturated carbocycles. The Labute approximate surface area is 81.3 Å². The van der Waals surface area contributed by atoms with Crippen LogP contribution in [0.25, 0.3) is 0 Å². The van der Waals surface area contributed by atoms with Gasteiger partial charge in [0, 0.05) is 6.54 Å². The molecule has 0 radical (unpaired) electrons. The predicted octanol–water partition coefficient (Wildman–Crippen LogP) is 2.86. The average Bonchev–Trinajstić information content (AvgIpc) is 1.79. The van der Waals surface area contributed by atoms with Gasteiger partial charge in [-0.2, -0.15) is 0 Å². The van der Waals surface area contributed by atoms with Crippen LogP contribution in [0.4, 0.5) is 4.39 Å². The van der Waals surface area contributed by atoms with Crippen LogP contribution in [0.5, 0.6) is 0 Å². The number of alkyl halides is 1. The lowest BCUT2D eigenvalue weighted by molar-refractivity contribution is 0.0232. The molecule has 0 spiro atoms. The number of nitrogens with zero attached hydrogens (tertiary/aromatic N) is 1. The predicted molar refractivity (Wildman–Crippen MR) is 54.6 cm³/mol. The number of likely N-dealkylation sites (tertiary alicyclic amines) is 1. The van der Waals surface area contributed by atoms with Crippen LogP contribution in [0.15, 0.2) is 0 Å². The zero-order chi connectivity index (χ0) is 10.1. The highest BCUT2D eigenvalue weighted by molar-refractivity contribution is 4.89. The third-order valence-electron chi connectivity index (χ3n) is 2.57. The molecule has 0 N–H and O–H groups in total. The zero-order valence-electron chi connectivity index (χ0n) is 9.36. The van der Waals surface area contributed by atoms with Crippen molar-refractivity contribution in [1.82, 2.24) is 4.90 Å². The van der Waals surface area contributed by atoms with Crippen molar-refractivity contribution in [3.63, 3.8) is 0 Å². The first-order chi connectivity index (χ1) is 5.81. The molecule has 0 aromatic heterocycles. The molecule has 13 heavy (non-hydrogen) atoms. The normalized spacial score (nSPS) is 32.1. The Hall–Kier alpha value is -0.110. The van der Waals surface area contributed by atoms with Gasteiger partial charge in [-0.1, -0.05) is 20.8 Å². The van der Waals surface area contributed by atoms with Gasteiger partial charge in [-0.25, -0.2) is 4.39 Å². The van der Waals surface area contributed by atoms with Gasteiger partial charge in [0.1, 0.15) is 5.67 Å². The monoisotopic (exact) mass is 187 g/mol. The second-order valence-electron chi connectivity index (χ2n) is 5.73. The van der Waals surface area contributed by atoms with Crippen LogP contribution in [0, 0.1) is 5.41 Å². The van der Waals surface area contributed by atoms with Crippen molar-refractivity contribution < 1.29 is 4.39 Å². The van der Waals surface area contributed by atoms with Crippen molar-refractivity contribution >= 4 is 0 Å². The molecule has 1 heterocycles. The van der Waals surface area contributed by atoms with Crippen LogP contribution in [-0.4, -0.2) is 30.7 Å². The molecular weight excluding hydrogens is 165 g/mol. The summed E-state index contributed by atoms with van der Waals surface area (Å²) in [5, 5.41) is 0. The number of piperidine rings is 1. The Morgan fingerprint density at radius 2 is 2.00 bits per heavy atom. The quantitative estimate of drug-likeness (QED) is 0.610. The lowest BCUT2D eigenvalue weighted by atomic mass is 9.79. The molecule has 0 aliphatic carbocycles. The summed E-state index contributed by atoms with van der Waals surface area (Å²) in [5.74, 6) is 0. The van der Waals surface area contributed by atoms with E-state index in [4.69, 9.17) is 0 Å². The highest BCUT2D eigenvalue weighted by Crippen LogP contribution is 2.36. The summed E-state index contributed by atoms with van der Waals surface area (Å²) in [7, 11) is 2.01. The molecule has 0 aromatic rings. The second-order valence-corrected chi connectivity index (χ2v) is 5.73. The SMILES string of the molecule is CN1CCC[C@@](F)(CC(C)(C)C)C1. The van der Waals surface area contributed by atoms with Gasteiger partial charge >= 0.3 is 0 Å². The van der Waals surface area contributed by atoms with E-state index in [1.54, 1.807) is 0 Å². The summed E-state index contributed by atoms with van der Waals surface area (Å²) in [6, 6.07) is 0. The first-order valence-corrected chi connectivity index (χ1v) is 5.18. The van der Waals surface area contributed by atoms with Gasteiger partial charge in [0.25, 0.3) is 0 Å². The molecule has 78 valence electrons. The molecule has 1 aliphatic heterocycles. The highest BCUT2D eigenvalue weighted by atomic mass is 19.1. The molecule has 1 nitrogen and oxygen atoms in total. The Bertz CT molecular complexity index is 173. The zero-order valence-corrected chi connectivity index (χ0v) is 9.36. The average molecular weight is 187 g/mol. The fourth-order valence-electron chi connectivity index (χ4n) is 2.40. The van der Waals surface area contributed by atoms with Crippen molar-refractivity contribution in [3.8, 4) is 0 Å². The summed E-state index contributed by atoms with van der Waals surface area (Å²) in [6.07, 6.45) is 2.43. The minimum absolute atomic E-state index is 0.104. The van der Waals surface area contributed by atoms with Gasteiger partial charge in [-0.3, -0.25) is 0 Å². The summed E-state index contributed by atoms with van der Waals surface area (Å²) >= 11 is 0. The van der Waals surface area contributed by atoms with Crippen LogP contribution < -0.4 is 0 Å². The number of hydrogen-bond acceptors (Lipinski definition) is 1. The Kier molecular flexibility index (Phi) is 3.01. The Balaban J connectivity index is 2.54. The van der Waals surface area contributed by atoms with E-state index >= 15 is 0 Å². The lowest BCUT2D eigenvalue weighted by Crippen LogP contribution is -2.45. The lowest BCUT2D eigenvalue weighted by Gasteiger charge is -2.39. The molecular formula is C11H22FN. The minimum atomic E-state index is -0.939. The Morgan fingerprint density at radius 1 is 1.38 bits per heavy atom. The van der Waals surface area contributed by atoms with Gasteiger partial charge in [0.2, 0.25) is 0 Å². The summed E-state index contributed by atoms with van der Waals surface area (Å²) < 4.78 is 14.3. The van der Waals surface area contributed by atoms with E-state index in [0.29, 0.717) is 13.0 Å². The molecule has 0 unspecified atom stereocenters. The molecule has 0 aromatic carbocycles. The van der Waals surface area contributed by atoms with Gasteiger partial charge in [-0.05, 0) is 38.3 Å². The van der Waals surface area contributed by atoms with Crippen LogP contribution >= 0.6 is 0 Å². The fraction of sp³-hybridized carbons (Fsp3) is 1.00. The van der Waals surface area contributed by atoms with E-state index in [0.717, 1.165) is 19.4 Å². The van der Waals surface area contributed by atoms with Crippen LogP contribution in [0.1, 0.15) is 40.0 Å². The second kappa shape index (κ2) is 3.56. The van der Waals surface area contributed by atoms with Crippen molar-refractivity contribution in [2.75, 3.05) is 20.1 Å². The maximum absolute atomic E-state index is 14.3. The van der Waals surface area contributed by atoms with Crippen LogP contribution in [0.3, 0.4) is 0 Å². The van der Waals surface area contributed by atoms with Crippen molar-refractivity contribution in [1.29, 1.82) is 0 Å². The maximum Gasteiger partial charge on any atom is 0.124 e. The number of rotatable bonds is 1. The minimum Gasteiger partial charge on any atom is -0.303 e. The van der Waals surface area contributed by atoms with Gasteiger partial charge in [0.05, 0.1) is 0 Å². The first kappa shape index (κ1) is 11.0. The molecule has 1 rings (SSSR count). The molecule has 2 heteroatoms. The third-order valence-corrected chi connectivity index (χ3v) is 2.57. The smallest absolute Gasteiger partial charge is 0.124 e. The maximum atomic E-state index is 14.3. The van der Waals surface area contributed by atoms with E-state index in [1.807, 2.05) is 7.05 Å². The Morgan fingerprint density at radius 3 is 2.46 bits per heavy atom. The summed E-state index contributed by atoms with van der Waals surface area (Å²) in [6.45, 7) is 8.01. The van der Waals surface area contributed by atoms with Crippen molar-refractivity contribution in [2.24, 2.45) is 5.41 Å². The molecule has 1 aliphatic rings. The van der Waals surface area contributed by atoms with Crippen LogP contribution in [0.2, 0.25) is 0 Å². The topological polar surface area (TPSA) is 3.24 Å². The first-order valence-electron chi connectivity index (χ1n) is 5.18. The highest BCUT2D eigenvalue weighted by Gasteiger charge is 2.37. The van der Waals surface area contributed by atoms with E-state index in [1.165, 1.54) is 0 Å². The summed E-state index contributed by atoms with van der Waals surface area (Å²) in [5.41, 5.74) is -0.835. The largest absolute Gasteiger partial charge is 0.303 e. The van der Waals surface area contributed by atoms with Crippen molar-refractivity contribution in [2.45, 2.75) is 45.7 Å². The number of hydrogen-bond donors (Lipinski definition) is 0. The molecule has 1 saturated heterocycles. The van der Waals surface area contributed by atoms with E-state index < -0.39 is 5.67 Å². The van der Waals surface area contributed by atoms with E-state index in [2.05, 4.69) is 25.7 Å². The number of halogens is 1. The van der Waals surface area contributed by atoms with Crippen LogP contribution in [-0.2, 0) is 0 Å². The van der Waals surface area contributed by atoms with Gasteiger partial charge in [0.15, 0.2) is 0 Å². The fourth-order valence-corrected chi connectivity index (χ4v) is 2.40. The van der Waals surface area contributed by atoms with Gasteiger partial charge < -0.3 is 4.90 Å².